The number of aromatic amines is 2. The van der Waals surface area contributed by atoms with E-state index in [0.29, 0.717) is 28.5 Å². The molecule has 0 atom stereocenters. The SMILES string of the molecule is COc1cc[nH]c1C=C1C(=O)Nc2ccc3[nH]c(N(C)c4ccc5c(c4)OCO5)nc3c21. The van der Waals surface area contributed by atoms with Crippen LogP contribution >= 0.6 is 0 Å². The topological polar surface area (TPSA) is 104 Å². The van der Waals surface area contributed by atoms with Gasteiger partial charge >= 0.3 is 0 Å². The molecule has 9 nitrogen and oxygen atoms in total. The fraction of sp³-hybridized carbons (Fsp3) is 0.130. The summed E-state index contributed by atoms with van der Waals surface area (Å²) < 4.78 is 16.3. The van der Waals surface area contributed by atoms with Gasteiger partial charge in [-0.25, -0.2) is 4.98 Å². The number of anilines is 3. The molecular formula is C23H19N5O4. The van der Waals surface area contributed by atoms with Crippen molar-refractivity contribution in [2.24, 2.45) is 0 Å². The number of benzene rings is 2. The van der Waals surface area contributed by atoms with Crippen molar-refractivity contribution in [1.29, 1.82) is 0 Å². The van der Waals surface area contributed by atoms with Crippen molar-refractivity contribution in [3.63, 3.8) is 0 Å². The van der Waals surface area contributed by atoms with Gasteiger partial charge in [-0.1, -0.05) is 0 Å². The number of H-pyrrole nitrogens is 2. The lowest BCUT2D eigenvalue weighted by Crippen LogP contribution is -2.10. The summed E-state index contributed by atoms with van der Waals surface area (Å²) in [6, 6.07) is 11.3. The first-order valence-corrected chi connectivity index (χ1v) is 10.0. The third-order valence-electron chi connectivity index (χ3n) is 5.71. The summed E-state index contributed by atoms with van der Waals surface area (Å²) in [5, 5.41) is 2.93. The number of amides is 1. The van der Waals surface area contributed by atoms with Gasteiger partial charge in [-0.2, -0.15) is 0 Å². The first-order chi connectivity index (χ1) is 15.6. The largest absolute Gasteiger partial charge is 0.495 e. The van der Waals surface area contributed by atoms with Gasteiger partial charge in [0, 0.05) is 30.6 Å². The fourth-order valence-electron chi connectivity index (χ4n) is 4.06. The lowest BCUT2D eigenvalue weighted by atomic mass is 10.0. The Morgan fingerprint density at radius 3 is 2.91 bits per heavy atom. The summed E-state index contributed by atoms with van der Waals surface area (Å²) in [5.74, 6) is 2.55. The number of ether oxygens (including phenoxy) is 3. The van der Waals surface area contributed by atoms with Gasteiger partial charge < -0.3 is 34.4 Å². The van der Waals surface area contributed by atoms with Gasteiger partial charge in [-0.05, 0) is 36.4 Å². The Kier molecular flexibility index (Phi) is 3.91. The summed E-state index contributed by atoms with van der Waals surface area (Å²) in [7, 11) is 3.51. The summed E-state index contributed by atoms with van der Waals surface area (Å²) in [6.07, 6.45) is 3.56. The van der Waals surface area contributed by atoms with Crippen molar-refractivity contribution in [3.8, 4) is 17.2 Å². The maximum absolute atomic E-state index is 12.8. The molecule has 2 aliphatic rings. The van der Waals surface area contributed by atoms with Crippen molar-refractivity contribution in [2.45, 2.75) is 0 Å². The number of fused-ring (bicyclic) bond motifs is 4. The van der Waals surface area contributed by atoms with E-state index in [4.69, 9.17) is 19.2 Å². The van der Waals surface area contributed by atoms with Gasteiger partial charge in [0.05, 0.1) is 29.6 Å². The molecule has 32 heavy (non-hydrogen) atoms. The smallest absolute Gasteiger partial charge is 0.256 e. The third kappa shape index (κ3) is 2.71. The van der Waals surface area contributed by atoms with E-state index in [9.17, 15) is 4.79 Å². The number of nitrogens with one attached hydrogen (secondary N) is 3. The Labute approximate surface area is 182 Å². The molecule has 4 aromatic rings. The maximum Gasteiger partial charge on any atom is 0.256 e. The molecule has 2 aromatic carbocycles. The molecule has 0 spiro atoms. The van der Waals surface area contributed by atoms with E-state index in [1.165, 1.54) is 0 Å². The molecular weight excluding hydrogens is 410 g/mol. The van der Waals surface area contributed by atoms with Gasteiger partial charge in [-0.15, -0.1) is 0 Å². The zero-order chi connectivity index (χ0) is 21.8. The number of hydrogen-bond acceptors (Lipinski definition) is 6. The Balaban J connectivity index is 1.45. The average Bonchev–Trinajstić information content (AvgIpc) is 3.58. The van der Waals surface area contributed by atoms with Crippen molar-refractivity contribution in [2.75, 3.05) is 31.2 Å². The zero-order valence-corrected chi connectivity index (χ0v) is 17.4. The number of methoxy groups -OCH3 is 1. The zero-order valence-electron chi connectivity index (χ0n) is 17.4. The van der Waals surface area contributed by atoms with E-state index in [1.807, 2.05) is 48.3 Å². The second-order valence-electron chi connectivity index (χ2n) is 7.51. The molecule has 0 unspecified atom stereocenters. The second-order valence-corrected chi connectivity index (χ2v) is 7.51. The molecule has 160 valence electrons. The predicted octanol–water partition coefficient (Wildman–Crippen LogP) is 3.89. The highest BCUT2D eigenvalue weighted by molar-refractivity contribution is 6.37. The number of imidazole rings is 1. The molecule has 3 N–H and O–H groups in total. The molecule has 1 amide bonds. The summed E-state index contributed by atoms with van der Waals surface area (Å²) >= 11 is 0. The quantitative estimate of drug-likeness (QED) is 0.425. The van der Waals surface area contributed by atoms with E-state index in [1.54, 1.807) is 19.4 Å². The van der Waals surface area contributed by atoms with E-state index >= 15 is 0 Å². The van der Waals surface area contributed by atoms with Gasteiger partial charge in [0.2, 0.25) is 12.7 Å². The van der Waals surface area contributed by atoms with E-state index in [0.717, 1.165) is 33.9 Å². The Hall–Kier alpha value is -4.40. The van der Waals surface area contributed by atoms with Crippen LogP contribution < -0.4 is 24.4 Å². The number of carbonyl (C=O) groups excluding carboxylic acids is 1. The number of aromatic nitrogens is 3. The molecule has 0 saturated heterocycles. The van der Waals surface area contributed by atoms with Crippen LogP contribution in [0.3, 0.4) is 0 Å². The summed E-state index contributed by atoms with van der Waals surface area (Å²) in [6.45, 7) is 0.223. The predicted molar refractivity (Wildman–Crippen MR) is 121 cm³/mol. The minimum atomic E-state index is -0.183. The van der Waals surface area contributed by atoms with Crippen LogP contribution in [0, 0.1) is 0 Å². The minimum Gasteiger partial charge on any atom is -0.495 e. The van der Waals surface area contributed by atoms with Crippen LogP contribution in [0.2, 0.25) is 0 Å². The lowest BCUT2D eigenvalue weighted by molar-refractivity contribution is -0.110. The normalized spacial score (nSPS) is 15.3. The molecule has 6 rings (SSSR count). The number of nitrogens with zero attached hydrogens (tertiary/aromatic N) is 2. The van der Waals surface area contributed by atoms with Crippen molar-refractivity contribution in [1.82, 2.24) is 15.0 Å². The lowest BCUT2D eigenvalue weighted by Gasteiger charge is -2.16. The van der Waals surface area contributed by atoms with E-state index in [2.05, 4.69) is 15.3 Å². The molecule has 0 radical (unpaired) electrons. The van der Waals surface area contributed by atoms with E-state index in [-0.39, 0.29) is 12.7 Å². The molecule has 2 aliphatic heterocycles. The standard InChI is InChI=1S/C23H19N5O4/c1-28(12-3-6-18-19(9-12)32-11-31-18)23-26-15-5-4-14-20(21(15)27-23)13(22(29)25-14)10-16-17(30-2)7-8-24-16/h3-10,24H,11H2,1-2H3,(H,25,29)(H,26,27). The molecule has 0 saturated carbocycles. The molecule has 0 fully saturated rings. The van der Waals surface area contributed by atoms with Crippen molar-refractivity contribution >= 4 is 45.9 Å². The first kappa shape index (κ1) is 18.4. The van der Waals surface area contributed by atoms with Crippen LogP contribution in [0.15, 0.2) is 42.6 Å². The Morgan fingerprint density at radius 1 is 1.16 bits per heavy atom. The molecule has 0 aliphatic carbocycles. The molecule has 4 heterocycles. The van der Waals surface area contributed by atoms with Crippen LogP contribution in [0.1, 0.15) is 11.3 Å². The van der Waals surface area contributed by atoms with Gasteiger partial charge in [0.25, 0.3) is 5.91 Å². The Bertz CT molecular complexity index is 1420. The van der Waals surface area contributed by atoms with Gasteiger partial charge in [0.15, 0.2) is 11.5 Å². The molecule has 2 aromatic heterocycles. The average molecular weight is 429 g/mol. The summed E-state index contributed by atoms with van der Waals surface area (Å²) in [4.78, 5) is 26.0. The fourth-order valence-corrected chi connectivity index (χ4v) is 4.06. The van der Waals surface area contributed by atoms with Crippen LogP contribution in [0.5, 0.6) is 17.2 Å². The molecule has 0 bridgehead atoms. The minimum absolute atomic E-state index is 0.183. The van der Waals surface area contributed by atoms with Gasteiger partial charge in [-0.3, -0.25) is 4.79 Å². The Morgan fingerprint density at radius 2 is 2.03 bits per heavy atom. The summed E-state index contributed by atoms with van der Waals surface area (Å²) in [5.41, 5.74) is 5.15. The van der Waals surface area contributed by atoms with Crippen molar-refractivity contribution < 1.29 is 19.0 Å². The highest BCUT2D eigenvalue weighted by atomic mass is 16.7. The number of hydrogen-bond donors (Lipinski definition) is 3. The number of rotatable bonds is 4. The van der Waals surface area contributed by atoms with E-state index < -0.39 is 0 Å². The van der Waals surface area contributed by atoms with Crippen LogP contribution in [0.25, 0.3) is 22.7 Å². The van der Waals surface area contributed by atoms with Crippen LogP contribution in [0.4, 0.5) is 17.3 Å². The highest BCUT2D eigenvalue weighted by Gasteiger charge is 2.29. The van der Waals surface area contributed by atoms with Crippen LogP contribution in [-0.4, -0.2) is 41.8 Å². The number of carbonyl (C=O) groups is 1. The second kappa shape index (κ2) is 6.81. The van der Waals surface area contributed by atoms with Gasteiger partial charge in [0.1, 0.15) is 11.3 Å². The highest BCUT2D eigenvalue weighted by Crippen LogP contribution is 2.41. The first-order valence-electron chi connectivity index (χ1n) is 10.0. The maximum atomic E-state index is 12.8. The van der Waals surface area contributed by atoms with Crippen molar-refractivity contribution in [3.05, 3.63) is 53.9 Å². The third-order valence-corrected chi connectivity index (χ3v) is 5.71. The monoisotopic (exact) mass is 429 g/mol. The van der Waals surface area contributed by atoms with Crippen LogP contribution in [-0.2, 0) is 4.79 Å². The molecule has 9 heteroatoms.